The summed E-state index contributed by atoms with van der Waals surface area (Å²) in [6.07, 6.45) is 3.27. The fraction of sp³-hybridized carbons (Fsp3) is 0.462. The van der Waals surface area contributed by atoms with E-state index in [9.17, 15) is 4.79 Å². The number of rotatable bonds is 2. The molecule has 0 bridgehead atoms. The number of alkyl halides is 1. The number of hydrogen-bond acceptors (Lipinski definition) is 1. The Bertz CT molecular complexity index is 393. The molecule has 1 amide bonds. The molecule has 2 nitrogen and oxygen atoms in total. The van der Waals surface area contributed by atoms with E-state index in [1.54, 1.807) is 0 Å². The lowest BCUT2D eigenvalue weighted by atomic mass is 10.0. The second kappa shape index (κ2) is 5.87. The van der Waals surface area contributed by atoms with Gasteiger partial charge in [-0.05, 0) is 43.5 Å². The van der Waals surface area contributed by atoms with Gasteiger partial charge >= 0.3 is 0 Å². The molecule has 0 spiro atoms. The molecular formula is C13H15BrClNO. The van der Waals surface area contributed by atoms with Crippen molar-refractivity contribution in [3.8, 4) is 0 Å². The number of piperidine rings is 1. The van der Waals surface area contributed by atoms with Crippen LogP contribution in [-0.4, -0.2) is 29.3 Å². The third-order valence-corrected chi connectivity index (χ3v) is 4.04. The molecule has 1 aromatic carbocycles. The summed E-state index contributed by atoms with van der Waals surface area (Å²) in [6.45, 7) is 0.826. The van der Waals surface area contributed by atoms with E-state index in [1.807, 2.05) is 29.2 Å². The Balaban J connectivity index is 2.15. The minimum atomic E-state index is 0.0999. The molecule has 0 N–H and O–H groups in total. The molecule has 0 aliphatic carbocycles. The van der Waals surface area contributed by atoms with Crippen LogP contribution in [0.2, 0.25) is 0 Å². The molecule has 1 unspecified atom stereocenters. The SMILES string of the molecule is O=C(c1ccc(Br)cc1)N1CCCCC1CCl. The first-order chi connectivity index (χ1) is 8.22. The minimum Gasteiger partial charge on any atom is -0.334 e. The van der Waals surface area contributed by atoms with Gasteiger partial charge in [0.05, 0.1) is 0 Å². The predicted molar refractivity (Wildman–Crippen MR) is 73.5 cm³/mol. The summed E-state index contributed by atoms with van der Waals surface area (Å²) in [7, 11) is 0. The maximum absolute atomic E-state index is 12.3. The first-order valence-electron chi connectivity index (χ1n) is 5.85. The van der Waals surface area contributed by atoms with E-state index >= 15 is 0 Å². The molecule has 1 aliphatic heterocycles. The number of nitrogens with zero attached hydrogens (tertiary/aromatic N) is 1. The minimum absolute atomic E-state index is 0.0999. The maximum Gasteiger partial charge on any atom is 0.254 e. The first kappa shape index (κ1) is 12.9. The van der Waals surface area contributed by atoms with E-state index in [0.717, 1.165) is 29.4 Å². The van der Waals surface area contributed by atoms with Crippen LogP contribution in [0.1, 0.15) is 29.6 Å². The van der Waals surface area contributed by atoms with E-state index in [1.165, 1.54) is 6.42 Å². The van der Waals surface area contributed by atoms with Crippen LogP contribution < -0.4 is 0 Å². The fourth-order valence-corrected chi connectivity index (χ4v) is 2.77. The van der Waals surface area contributed by atoms with Gasteiger partial charge < -0.3 is 4.90 Å². The Morgan fingerprint density at radius 1 is 1.35 bits per heavy atom. The van der Waals surface area contributed by atoms with Gasteiger partial charge in [-0.25, -0.2) is 0 Å². The molecule has 0 radical (unpaired) electrons. The lowest BCUT2D eigenvalue weighted by molar-refractivity contribution is 0.0639. The van der Waals surface area contributed by atoms with Crippen LogP contribution in [-0.2, 0) is 0 Å². The summed E-state index contributed by atoms with van der Waals surface area (Å²) >= 11 is 9.30. The van der Waals surface area contributed by atoms with Gasteiger partial charge in [0, 0.05) is 28.5 Å². The van der Waals surface area contributed by atoms with E-state index in [-0.39, 0.29) is 11.9 Å². The Hall–Kier alpha value is -0.540. The first-order valence-corrected chi connectivity index (χ1v) is 7.17. The molecule has 0 saturated carbocycles. The summed E-state index contributed by atoms with van der Waals surface area (Å²) in [5.41, 5.74) is 0.741. The summed E-state index contributed by atoms with van der Waals surface area (Å²) in [4.78, 5) is 14.2. The van der Waals surface area contributed by atoms with Crippen LogP contribution in [0.15, 0.2) is 28.7 Å². The lowest BCUT2D eigenvalue weighted by Crippen LogP contribution is -2.44. The average molecular weight is 317 g/mol. The monoisotopic (exact) mass is 315 g/mol. The van der Waals surface area contributed by atoms with Crippen LogP contribution >= 0.6 is 27.5 Å². The van der Waals surface area contributed by atoms with E-state index in [2.05, 4.69) is 15.9 Å². The van der Waals surface area contributed by atoms with Gasteiger partial charge in [-0.2, -0.15) is 0 Å². The molecule has 17 heavy (non-hydrogen) atoms. The van der Waals surface area contributed by atoms with Crippen molar-refractivity contribution < 1.29 is 4.79 Å². The Labute approximate surface area is 115 Å². The molecule has 1 heterocycles. The highest BCUT2D eigenvalue weighted by molar-refractivity contribution is 9.10. The normalized spacial score (nSPS) is 20.4. The summed E-state index contributed by atoms with van der Waals surface area (Å²) < 4.78 is 0.988. The molecule has 4 heteroatoms. The number of amides is 1. The van der Waals surface area contributed by atoms with Gasteiger partial charge in [-0.15, -0.1) is 11.6 Å². The standard InChI is InChI=1S/C13H15BrClNO/c14-11-6-4-10(5-7-11)13(17)16-8-2-1-3-12(16)9-15/h4-7,12H,1-3,8-9H2. The molecule has 92 valence electrons. The van der Waals surface area contributed by atoms with Crippen molar-refractivity contribution in [3.63, 3.8) is 0 Å². The highest BCUT2D eigenvalue weighted by atomic mass is 79.9. The molecule has 2 rings (SSSR count). The zero-order valence-electron chi connectivity index (χ0n) is 9.53. The van der Waals surface area contributed by atoms with Gasteiger partial charge in [0.1, 0.15) is 0 Å². The van der Waals surface area contributed by atoms with Crippen LogP contribution in [0.25, 0.3) is 0 Å². The Morgan fingerprint density at radius 2 is 2.06 bits per heavy atom. The van der Waals surface area contributed by atoms with Gasteiger partial charge in [0.25, 0.3) is 5.91 Å². The van der Waals surface area contributed by atoms with E-state index < -0.39 is 0 Å². The van der Waals surface area contributed by atoms with Crippen molar-refractivity contribution in [2.24, 2.45) is 0 Å². The van der Waals surface area contributed by atoms with Crippen LogP contribution in [0.5, 0.6) is 0 Å². The highest BCUT2D eigenvalue weighted by Gasteiger charge is 2.26. The fourth-order valence-electron chi connectivity index (χ4n) is 2.19. The molecule has 1 aromatic rings. The Kier molecular flexibility index (Phi) is 4.46. The van der Waals surface area contributed by atoms with Crippen molar-refractivity contribution in [2.75, 3.05) is 12.4 Å². The number of benzene rings is 1. The largest absolute Gasteiger partial charge is 0.334 e. The summed E-state index contributed by atoms with van der Waals surface area (Å²) in [5, 5.41) is 0. The summed E-state index contributed by atoms with van der Waals surface area (Å²) in [6, 6.07) is 7.69. The molecule has 0 aromatic heterocycles. The number of hydrogen-bond donors (Lipinski definition) is 0. The Morgan fingerprint density at radius 3 is 2.71 bits per heavy atom. The molecule has 1 saturated heterocycles. The van der Waals surface area contributed by atoms with Gasteiger partial charge in [0.15, 0.2) is 0 Å². The number of halogens is 2. The van der Waals surface area contributed by atoms with E-state index in [4.69, 9.17) is 11.6 Å². The van der Waals surface area contributed by atoms with Crippen molar-refractivity contribution in [1.82, 2.24) is 4.90 Å². The van der Waals surface area contributed by atoms with Crippen molar-refractivity contribution >= 4 is 33.4 Å². The van der Waals surface area contributed by atoms with Crippen molar-refractivity contribution in [2.45, 2.75) is 25.3 Å². The van der Waals surface area contributed by atoms with Crippen LogP contribution in [0.3, 0.4) is 0 Å². The third kappa shape index (κ3) is 3.02. The van der Waals surface area contributed by atoms with Crippen LogP contribution in [0, 0.1) is 0 Å². The second-order valence-electron chi connectivity index (χ2n) is 4.31. The molecule has 1 fully saturated rings. The second-order valence-corrected chi connectivity index (χ2v) is 5.53. The highest BCUT2D eigenvalue weighted by Crippen LogP contribution is 2.21. The van der Waals surface area contributed by atoms with Crippen molar-refractivity contribution in [3.05, 3.63) is 34.3 Å². The lowest BCUT2D eigenvalue weighted by Gasteiger charge is -2.34. The number of likely N-dealkylation sites (tertiary alicyclic amines) is 1. The quantitative estimate of drug-likeness (QED) is 0.762. The molecule has 1 aliphatic rings. The number of carbonyl (C=O) groups is 1. The zero-order valence-corrected chi connectivity index (χ0v) is 11.9. The third-order valence-electron chi connectivity index (χ3n) is 3.16. The average Bonchev–Trinajstić information content (AvgIpc) is 2.39. The molecule has 1 atom stereocenters. The zero-order chi connectivity index (χ0) is 12.3. The number of carbonyl (C=O) groups excluding carboxylic acids is 1. The van der Waals surface area contributed by atoms with Gasteiger partial charge in [-0.1, -0.05) is 15.9 Å². The van der Waals surface area contributed by atoms with Crippen LogP contribution in [0.4, 0.5) is 0 Å². The summed E-state index contributed by atoms with van der Waals surface area (Å²) in [5.74, 6) is 0.630. The topological polar surface area (TPSA) is 20.3 Å². The van der Waals surface area contributed by atoms with E-state index in [0.29, 0.717) is 5.88 Å². The predicted octanol–water partition coefficient (Wildman–Crippen LogP) is 3.68. The smallest absolute Gasteiger partial charge is 0.254 e. The maximum atomic E-state index is 12.3. The van der Waals surface area contributed by atoms with Gasteiger partial charge in [-0.3, -0.25) is 4.79 Å². The van der Waals surface area contributed by atoms with Gasteiger partial charge in [0.2, 0.25) is 0 Å². The molecular weight excluding hydrogens is 302 g/mol. The van der Waals surface area contributed by atoms with Crippen molar-refractivity contribution in [1.29, 1.82) is 0 Å².